The first kappa shape index (κ1) is 17.8. The molecule has 1 amide bonds. The number of aromatic nitrogens is 1. The molecule has 2 heterocycles. The summed E-state index contributed by atoms with van der Waals surface area (Å²) < 4.78 is 0. The van der Waals surface area contributed by atoms with Crippen molar-refractivity contribution in [1.82, 2.24) is 14.8 Å². The second kappa shape index (κ2) is 7.55. The topological polar surface area (TPSA) is 56.4 Å². The number of carbonyl (C=O) groups excluding carboxylic acids is 1. The Labute approximate surface area is 162 Å². The predicted molar refractivity (Wildman–Crippen MR) is 107 cm³/mol. The highest BCUT2D eigenvalue weighted by Gasteiger charge is 2.22. The van der Waals surface area contributed by atoms with E-state index in [9.17, 15) is 9.59 Å². The minimum absolute atomic E-state index is 0.0328. The summed E-state index contributed by atoms with van der Waals surface area (Å²) >= 11 is 5.89. The lowest BCUT2D eigenvalue weighted by atomic mass is 10.1. The summed E-state index contributed by atoms with van der Waals surface area (Å²) in [5.74, 6) is 0.0328. The van der Waals surface area contributed by atoms with Gasteiger partial charge in [-0.1, -0.05) is 23.7 Å². The van der Waals surface area contributed by atoms with Gasteiger partial charge >= 0.3 is 0 Å². The largest absolute Gasteiger partial charge is 0.357 e. The number of halogens is 1. The van der Waals surface area contributed by atoms with E-state index in [0.717, 1.165) is 24.3 Å². The minimum Gasteiger partial charge on any atom is -0.357 e. The van der Waals surface area contributed by atoms with Gasteiger partial charge in [-0.25, -0.2) is 0 Å². The first-order chi connectivity index (χ1) is 13.1. The molecule has 6 heteroatoms. The van der Waals surface area contributed by atoms with E-state index in [1.54, 1.807) is 30.3 Å². The second-order valence-electron chi connectivity index (χ2n) is 6.78. The summed E-state index contributed by atoms with van der Waals surface area (Å²) in [7, 11) is 0. The van der Waals surface area contributed by atoms with Gasteiger partial charge in [-0.2, -0.15) is 0 Å². The van der Waals surface area contributed by atoms with E-state index in [0.29, 0.717) is 35.6 Å². The summed E-state index contributed by atoms with van der Waals surface area (Å²) in [6.45, 7) is 3.55. The number of amides is 1. The summed E-state index contributed by atoms with van der Waals surface area (Å²) in [5, 5.41) is 1.33. The number of rotatable bonds is 3. The molecule has 1 aliphatic heterocycles. The number of benzene rings is 2. The number of piperazine rings is 1. The zero-order valence-electron chi connectivity index (χ0n) is 14.8. The smallest absolute Gasteiger partial charge is 0.253 e. The Bertz CT molecular complexity index is 1020. The van der Waals surface area contributed by atoms with E-state index in [4.69, 9.17) is 11.6 Å². The lowest BCUT2D eigenvalue weighted by Gasteiger charge is -2.34. The Hall–Kier alpha value is -2.63. The van der Waals surface area contributed by atoms with Crippen LogP contribution in [-0.2, 0) is 6.54 Å². The van der Waals surface area contributed by atoms with Crippen molar-refractivity contribution in [3.8, 4) is 0 Å². The third-order valence-corrected chi connectivity index (χ3v) is 5.19. The van der Waals surface area contributed by atoms with Crippen LogP contribution in [0.4, 0.5) is 0 Å². The Morgan fingerprint density at radius 1 is 1.00 bits per heavy atom. The van der Waals surface area contributed by atoms with Crippen LogP contribution in [0.25, 0.3) is 10.9 Å². The molecule has 0 spiro atoms. The van der Waals surface area contributed by atoms with E-state index >= 15 is 0 Å². The Morgan fingerprint density at radius 3 is 2.44 bits per heavy atom. The molecule has 138 valence electrons. The fraction of sp³-hybridized carbons (Fsp3) is 0.238. The number of hydrogen-bond donors (Lipinski definition) is 1. The van der Waals surface area contributed by atoms with Crippen molar-refractivity contribution in [2.45, 2.75) is 6.54 Å². The summed E-state index contributed by atoms with van der Waals surface area (Å²) in [6.07, 6.45) is 0. The molecule has 1 saturated heterocycles. The van der Waals surface area contributed by atoms with Crippen LogP contribution in [0.3, 0.4) is 0 Å². The van der Waals surface area contributed by atoms with Gasteiger partial charge in [0.05, 0.1) is 0 Å². The Balaban J connectivity index is 1.40. The monoisotopic (exact) mass is 381 g/mol. The fourth-order valence-corrected chi connectivity index (χ4v) is 3.59. The van der Waals surface area contributed by atoms with Crippen LogP contribution in [-0.4, -0.2) is 46.9 Å². The highest BCUT2D eigenvalue weighted by Crippen LogP contribution is 2.14. The molecular formula is C21H20ClN3O2. The van der Waals surface area contributed by atoms with Crippen molar-refractivity contribution >= 4 is 28.4 Å². The number of pyridine rings is 1. The first-order valence-corrected chi connectivity index (χ1v) is 9.36. The van der Waals surface area contributed by atoms with E-state index in [-0.39, 0.29) is 11.3 Å². The molecule has 1 aliphatic rings. The van der Waals surface area contributed by atoms with Crippen LogP contribution in [0, 0.1) is 0 Å². The fourth-order valence-electron chi connectivity index (χ4n) is 3.46. The van der Waals surface area contributed by atoms with E-state index in [1.165, 1.54) is 0 Å². The zero-order chi connectivity index (χ0) is 18.8. The number of nitrogens with zero attached hydrogens (tertiary/aromatic N) is 2. The van der Waals surface area contributed by atoms with E-state index < -0.39 is 0 Å². The Morgan fingerprint density at radius 2 is 1.70 bits per heavy atom. The standard InChI is InChI=1S/C21H20ClN3O2/c22-16-7-5-15(6-8-16)21(27)25-11-9-24(10-12-25)14-17-13-20(26)18-3-1-2-4-19(18)23-17/h1-8,13H,9-12,14H2,(H,23,26). The number of hydrogen-bond acceptors (Lipinski definition) is 3. The highest BCUT2D eigenvalue weighted by atomic mass is 35.5. The van der Waals surface area contributed by atoms with Crippen molar-refractivity contribution in [2.75, 3.05) is 26.2 Å². The normalized spacial score (nSPS) is 15.2. The lowest BCUT2D eigenvalue weighted by molar-refractivity contribution is 0.0627. The summed E-state index contributed by atoms with van der Waals surface area (Å²) in [6, 6.07) is 16.2. The number of carbonyl (C=O) groups is 1. The molecule has 0 radical (unpaired) electrons. The second-order valence-corrected chi connectivity index (χ2v) is 7.22. The van der Waals surface area contributed by atoms with Gasteiger partial charge in [-0.3, -0.25) is 14.5 Å². The summed E-state index contributed by atoms with van der Waals surface area (Å²) in [4.78, 5) is 32.3. The number of nitrogens with one attached hydrogen (secondary N) is 1. The average molecular weight is 382 g/mol. The quantitative estimate of drug-likeness (QED) is 0.758. The van der Waals surface area contributed by atoms with Gasteiger partial charge < -0.3 is 9.88 Å². The molecule has 0 aliphatic carbocycles. The molecule has 1 N–H and O–H groups in total. The van der Waals surface area contributed by atoms with Crippen LogP contribution in [0.1, 0.15) is 16.1 Å². The van der Waals surface area contributed by atoms with Gasteiger partial charge in [-0.15, -0.1) is 0 Å². The maximum absolute atomic E-state index is 12.6. The molecule has 1 fully saturated rings. The van der Waals surface area contributed by atoms with Crippen molar-refractivity contribution in [3.05, 3.63) is 81.1 Å². The number of aromatic amines is 1. The van der Waals surface area contributed by atoms with Gasteiger partial charge in [-0.05, 0) is 36.4 Å². The maximum Gasteiger partial charge on any atom is 0.253 e. The Kier molecular flexibility index (Phi) is 4.97. The van der Waals surface area contributed by atoms with Crippen LogP contribution in [0.15, 0.2) is 59.4 Å². The molecule has 0 bridgehead atoms. The zero-order valence-corrected chi connectivity index (χ0v) is 15.6. The molecule has 0 atom stereocenters. The molecule has 3 aromatic rings. The molecule has 2 aromatic carbocycles. The van der Waals surface area contributed by atoms with Crippen LogP contribution in [0.5, 0.6) is 0 Å². The van der Waals surface area contributed by atoms with Crippen LogP contribution >= 0.6 is 11.6 Å². The number of para-hydroxylation sites is 1. The van der Waals surface area contributed by atoms with Crippen molar-refractivity contribution < 1.29 is 4.79 Å². The summed E-state index contributed by atoms with van der Waals surface area (Å²) in [5.41, 5.74) is 2.45. The molecule has 4 rings (SSSR count). The molecule has 27 heavy (non-hydrogen) atoms. The average Bonchev–Trinajstić information content (AvgIpc) is 2.69. The van der Waals surface area contributed by atoms with Gasteiger partial charge in [0.25, 0.3) is 5.91 Å². The molecule has 5 nitrogen and oxygen atoms in total. The van der Waals surface area contributed by atoms with Crippen molar-refractivity contribution in [3.63, 3.8) is 0 Å². The SMILES string of the molecule is O=C(c1ccc(Cl)cc1)N1CCN(Cc2cc(=O)c3ccccc3[nH]2)CC1. The van der Waals surface area contributed by atoms with Gasteiger partial charge in [0.2, 0.25) is 0 Å². The van der Waals surface area contributed by atoms with Crippen LogP contribution in [0.2, 0.25) is 5.02 Å². The van der Waals surface area contributed by atoms with Crippen molar-refractivity contribution in [2.24, 2.45) is 0 Å². The third kappa shape index (κ3) is 3.89. The van der Waals surface area contributed by atoms with Gasteiger partial charge in [0.1, 0.15) is 0 Å². The first-order valence-electron chi connectivity index (χ1n) is 8.98. The molecular weight excluding hydrogens is 362 g/mol. The number of H-pyrrole nitrogens is 1. The minimum atomic E-state index is 0.0328. The van der Waals surface area contributed by atoms with Crippen LogP contribution < -0.4 is 5.43 Å². The molecule has 0 saturated carbocycles. The number of fused-ring (bicyclic) bond motifs is 1. The highest BCUT2D eigenvalue weighted by molar-refractivity contribution is 6.30. The van der Waals surface area contributed by atoms with E-state index in [2.05, 4.69) is 9.88 Å². The predicted octanol–water partition coefficient (Wildman–Crippen LogP) is 3.14. The van der Waals surface area contributed by atoms with Crippen molar-refractivity contribution in [1.29, 1.82) is 0 Å². The van der Waals surface area contributed by atoms with Gasteiger partial charge in [0.15, 0.2) is 5.43 Å². The van der Waals surface area contributed by atoms with E-state index in [1.807, 2.05) is 29.2 Å². The lowest BCUT2D eigenvalue weighted by Crippen LogP contribution is -2.48. The maximum atomic E-state index is 12.6. The molecule has 1 aromatic heterocycles. The van der Waals surface area contributed by atoms with Gasteiger partial charge in [0, 0.05) is 66.0 Å². The molecule has 0 unspecified atom stereocenters. The third-order valence-electron chi connectivity index (χ3n) is 4.94.